The van der Waals surface area contributed by atoms with E-state index in [0.29, 0.717) is 0 Å². The first kappa shape index (κ1) is 9.64. The molecule has 0 aromatic heterocycles. The highest BCUT2D eigenvalue weighted by Crippen LogP contribution is 2.35. The van der Waals surface area contributed by atoms with Crippen molar-refractivity contribution in [3.8, 4) is 0 Å². The molecule has 0 amide bonds. The third-order valence-corrected chi connectivity index (χ3v) is 0.964. The van der Waals surface area contributed by atoms with Gasteiger partial charge in [0.1, 0.15) is 0 Å². The summed E-state index contributed by atoms with van der Waals surface area (Å²) in [6.45, 7) is 0. The van der Waals surface area contributed by atoms with Gasteiger partial charge in [0.05, 0.1) is 0 Å². The lowest BCUT2D eigenvalue weighted by molar-refractivity contribution is -0.232. The number of rotatable bonds is 1. The second-order valence-electron chi connectivity index (χ2n) is 1.87. The quantitative estimate of drug-likeness (QED) is 0.402. The molecule has 7 heteroatoms. The molecule has 0 aliphatic carbocycles. The Labute approximate surface area is 53.6 Å². The first-order valence-electron chi connectivity index (χ1n) is 2.23. The molecule has 0 saturated heterocycles. The highest BCUT2D eigenvalue weighted by atomic mass is 19.4. The Morgan fingerprint density at radius 1 is 1.00 bits per heavy atom. The first-order valence-corrected chi connectivity index (χ1v) is 2.23. The molecule has 0 bridgehead atoms. The lowest BCUT2D eigenvalue weighted by Gasteiger charge is -2.22. The van der Waals surface area contributed by atoms with E-state index >= 15 is 0 Å². The summed E-state index contributed by atoms with van der Waals surface area (Å²) in [6, 6.07) is 0. The van der Waals surface area contributed by atoms with Crippen LogP contribution in [0.2, 0.25) is 0 Å². The molecule has 1 unspecified atom stereocenters. The minimum absolute atomic E-state index is 0.197. The molecule has 0 aromatic rings. The van der Waals surface area contributed by atoms with Crippen LogP contribution < -0.4 is 0 Å². The van der Waals surface area contributed by atoms with Crippen LogP contribution in [0.5, 0.6) is 0 Å². The Morgan fingerprint density at radius 2 is 1.30 bits per heavy atom. The summed E-state index contributed by atoms with van der Waals surface area (Å²) in [5.74, 6) is 0. The van der Waals surface area contributed by atoms with E-state index in [1.165, 1.54) is 0 Å². The van der Waals surface area contributed by atoms with Crippen LogP contribution >= 0.6 is 0 Å². The van der Waals surface area contributed by atoms with E-state index < -0.39 is 18.2 Å². The van der Waals surface area contributed by atoms with Crippen LogP contribution in [0.25, 0.3) is 0 Å². The molecule has 10 heavy (non-hydrogen) atoms. The van der Waals surface area contributed by atoms with Crippen molar-refractivity contribution in [3.63, 3.8) is 0 Å². The van der Waals surface area contributed by atoms with Gasteiger partial charge in [0.15, 0.2) is 7.85 Å². The van der Waals surface area contributed by atoms with Crippen LogP contribution in [-0.4, -0.2) is 26.0 Å². The van der Waals surface area contributed by atoms with E-state index in [1.807, 2.05) is 0 Å². The first-order chi connectivity index (χ1) is 4.19. The number of halogens is 6. The van der Waals surface area contributed by atoms with E-state index in [1.54, 1.807) is 0 Å². The van der Waals surface area contributed by atoms with Gasteiger partial charge in [-0.3, -0.25) is 0 Å². The predicted molar refractivity (Wildman–Crippen MR) is 24.4 cm³/mol. The predicted octanol–water partition coefficient (Wildman–Crippen LogP) is 1.11. The highest BCUT2D eigenvalue weighted by molar-refractivity contribution is 6.15. The summed E-state index contributed by atoms with van der Waals surface area (Å²) in [4.78, 5) is 0. The normalized spacial score (nSPS) is 19.1. The maximum Gasteiger partial charge on any atom is 0.419 e. The number of hydrogen-bond donors (Lipinski definition) is 0. The van der Waals surface area contributed by atoms with Gasteiger partial charge in [0.25, 0.3) is 6.43 Å². The Balaban J connectivity index is 4.40. The average molecular weight is 164 g/mol. The minimum Gasteiger partial charge on any atom is -0.238 e. The van der Waals surface area contributed by atoms with E-state index in [4.69, 9.17) is 0 Å². The second-order valence-corrected chi connectivity index (χ2v) is 1.87. The second kappa shape index (κ2) is 2.36. The number of hydrogen-bond acceptors (Lipinski definition) is 0. The zero-order valence-electron chi connectivity index (χ0n) is 4.85. The van der Waals surface area contributed by atoms with Gasteiger partial charge < -0.3 is 0 Å². The maximum atomic E-state index is 11.8. The molecule has 0 nitrogen and oxygen atoms in total. The van der Waals surface area contributed by atoms with Gasteiger partial charge in [-0.05, 0) is 0 Å². The van der Waals surface area contributed by atoms with Crippen LogP contribution in [0.4, 0.5) is 26.3 Å². The Morgan fingerprint density at radius 3 is 1.30 bits per heavy atom. The standard InChI is InChI=1S/C3H3BF6/c4-2(7,1(5)6)3(8,9)10/h1H,4H2. The van der Waals surface area contributed by atoms with E-state index in [0.717, 1.165) is 0 Å². The van der Waals surface area contributed by atoms with Crippen molar-refractivity contribution in [2.75, 3.05) is 0 Å². The summed E-state index contributed by atoms with van der Waals surface area (Å²) in [5.41, 5.74) is -4.40. The zero-order chi connectivity index (χ0) is 8.58. The fraction of sp³-hybridized carbons (Fsp3) is 1.00. The van der Waals surface area contributed by atoms with Crippen LogP contribution in [0.1, 0.15) is 0 Å². The van der Waals surface area contributed by atoms with Gasteiger partial charge in [0.2, 0.25) is 5.57 Å². The average Bonchev–Trinajstić information content (AvgIpc) is 1.62. The summed E-state index contributed by atoms with van der Waals surface area (Å²) >= 11 is 0. The number of alkyl halides is 6. The van der Waals surface area contributed by atoms with Crippen molar-refractivity contribution in [2.24, 2.45) is 0 Å². The van der Waals surface area contributed by atoms with Crippen molar-refractivity contribution in [1.82, 2.24) is 0 Å². The van der Waals surface area contributed by atoms with Gasteiger partial charge in [-0.15, -0.1) is 0 Å². The minimum atomic E-state index is -5.50. The van der Waals surface area contributed by atoms with Crippen LogP contribution in [0.3, 0.4) is 0 Å². The largest absolute Gasteiger partial charge is 0.419 e. The molecule has 0 radical (unpaired) electrons. The maximum absolute atomic E-state index is 11.8. The summed E-state index contributed by atoms with van der Waals surface area (Å²) in [5, 5.41) is 0. The van der Waals surface area contributed by atoms with E-state index in [2.05, 4.69) is 0 Å². The van der Waals surface area contributed by atoms with Gasteiger partial charge >= 0.3 is 6.18 Å². The Hall–Kier alpha value is -0.355. The highest BCUT2D eigenvalue weighted by Gasteiger charge is 2.58. The lowest BCUT2D eigenvalue weighted by atomic mass is 9.83. The summed E-state index contributed by atoms with van der Waals surface area (Å²) in [7, 11) is -0.197. The Kier molecular flexibility index (Phi) is 2.27. The van der Waals surface area contributed by atoms with E-state index in [9.17, 15) is 26.3 Å². The molecule has 0 spiro atoms. The van der Waals surface area contributed by atoms with Gasteiger partial charge in [0, 0.05) is 0 Å². The molecular formula is C3H3BF6. The van der Waals surface area contributed by atoms with Crippen molar-refractivity contribution in [3.05, 3.63) is 0 Å². The summed E-state index contributed by atoms with van der Waals surface area (Å²) < 4.78 is 68.0. The van der Waals surface area contributed by atoms with Gasteiger partial charge in [-0.1, -0.05) is 0 Å². The molecule has 60 valence electrons. The smallest absolute Gasteiger partial charge is 0.238 e. The van der Waals surface area contributed by atoms with Gasteiger partial charge in [-0.2, -0.15) is 13.2 Å². The van der Waals surface area contributed by atoms with Crippen molar-refractivity contribution in [2.45, 2.75) is 18.2 Å². The molecule has 0 fully saturated rings. The van der Waals surface area contributed by atoms with Crippen LogP contribution in [0, 0.1) is 0 Å². The fourth-order valence-corrected chi connectivity index (χ4v) is 0.124. The molecule has 0 aromatic carbocycles. The molecule has 1 atom stereocenters. The topological polar surface area (TPSA) is 0 Å². The van der Waals surface area contributed by atoms with Crippen molar-refractivity contribution >= 4 is 7.85 Å². The monoisotopic (exact) mass is 164 g/mol. The van der Waals surface area contributed by atoms with Crippen molar-refractivity contribution < 1.29 is 26.3 Å². The zero-order valence-corrected chi connectivity index (χ0v) is 4.85. The molecule has 0 aliphatic heterocycles. The molecule has 0 heterocycles. The molecule has 0 rings (SSSR count). The molecule has 0 N–H and O–H groups in total. The van der Waals surface area contributed by atoms with Crippen molar-refractivity contribution in [1.29, 1.82) is 0 Å². The van der Waals surface area contributed by atoms with Crippen LogP contribution in [0.15, 0.2) is 0 Å². The SMILES string of the molecule is BC(F)(C(F)F)C(F)(F)F. The molecular weight excluding hydrogens is 161 g/mol. The Bertz CT molecular complexity index is 115. The third kappa shape index (κ3) is 1.57. The lowest BCUT2D eigenvalue weighted by Crippen LogP contribution is -2.47. The summed E-state index contributed by atoms with van der Waals surface area (Å²) in [6.07, 6.45) is -9.53. The molecule has 0 saturated carbocycles. The van der Waals surface area contributed by atoms with Gasteiger partial charge in [-0.25, -0.2) is 13.2 Å². The third-order valence-electron chi connectivity index (χ3n) is 0.964. The van der Waals surface area contributed by atoms with E-state index in [-0.39, 0.29) is 7.85 Å². The fourth-order valence-electron chi connectivity index (χ4n) is 0.124. The van der Waals surface area contributed by atoms with Crippen LogP contribution in [-0.2, 0) is 0 Å². The molecule has 0 aliphatic rings.